The predicted molar refractivity (Wildman–Crippen MR) is 121 cm³/mol. The van der Waals surface area contributed by atoms with E-state index in [0.29, 0.717) is 30.3 Å². The number of methoxy groups -OCH3 is 1. The Morgan fingerprint density at radius 3 is 2.94 bits per heavy atom. The maximum absolute atomic E-state index is 14.1. The zero-order chi connectivity index (χ0) is 23.9. The monoisotopic (exact) mass is 470 g/mol. The van der Waals surface area contributed by atoms with Crippen LogP contribution >= 0.6 is 0 Å². The number of benzene rings is 1. The third-order valence-corrected chi connectivity index (χ3v) is 5.62. The fraction of sp³-hybridized carbons (Fsp3) is 0.417. The summed E-state index contributed by atoms with van der Waals surface area (Å²) >= 11 is 0. The maximum atomic E-state index is 14.1. The van der Waals surface area contributed by atoms with E-state index in [1.807, 2.05) is 12.1 Å². The molecule has 34 heavy (non-hydrogen) atoms. The van der Waals surface area contributed by atoms with Gasteiger partial charge in [0.15, 0.2) is 29.0 Å². The molecule has 0 fully saturated rings. The van der Waals surface area contributed by atoms with Crippen LogP contribution in [0.5, 0.6) is 11.5 Å². The molecule has 4 rings (SSSR count). The number of carboxylic acid groups (broad SMARTS) is 1. The molecular formula is C24H27FN4O5. The van der Waals surface area contributed by atoms with Crippen molar-refractivity contribution in [1.82, 2.24) is 15.1 Å². The fourth-order valence-corrected chi connectivity index (χ4v) is 3.90. The van der Waals surface area contributed by atoms with Crippen LogP contribution in [0.25, 0.3) is 0 Å². The summed E-state index contributed by atoms with van der Waals surface area (Å²) in [5.74, 6) is 0.468. The van der Waals surface area contributed by atoms with E-state index in [0.717, 1.165) is 43.1 Å². The van der Waals surface area contributed by atoms with Gasteiger partial charge in [-0.1, -0.05) is 11.2 Å². The van der Waals surface area contributed by atoms with Gasteiger partial charge in [-0.3, -0.25) is 4.79 Å². The highest BCUT2D eigenvalue weighted by Gasteiger charge is 2.21. The van der Waals surface area contributed by atoms with Gasteiger partial charge in [0.25, 0.3) is 0 Å². The Morgan fingerprint density at radius 1 is 1.26 bits per heavy atom. The van der Waals surface area contributed by atoms with E-state index in [1.165, 1.54) is 19.2 Å². The highest BCUT2D eigenvalue weighted by atomic mass is 19.1. The number of carboxylic acids is 1. The quantitative estimate of drug-likeness (QED) is 0.456. The van der Waals surface area contributed by atoms with Crippen molar-refractivity contribution in [2.75, 3.05) is 25.6 Å². The first kappa shape index (κ1) is 23.5. The van der Waals surface area contributed by atoms with Crippen molar-refractivity contribution in [3.05, 3.63) is 59.1 Å². The Balaban J connectivity index is 1.35. The molecule has 0 spiro atoms. The number of aliphatic carboxylic acids is 1. The summed E-state index contributed by atoms with van der Waals surface area (Å²) in [5.41, 5.74) is 1.48. The van der Waals surface area contributed by atoms with Gasteiger partial charge in [0, 0.05) is 31.0 Å². The number of fused-ring (bicyclic) bond motifs is 1. The number of hydrogen-bond acceptors (Lipinski definition) is 8. The minimum atomic E-state index is -0.992. The van der Waals surface area contributed by atoms with Gasteiger partial charge in [-0.05, 0) is 49.1 Å². The lowest BCUT2D eigenvalue weighted by atomic mass is 9.92. The van der Waals surface area contributed by atoms with E-state index in [4.69, 9.17) is 14.0 Å². The van der Waals surface area contributed by atoms with Gasteiger partial charge in [-0.2, -0.15) is 4.98 Å². The highest BCUT2D eigenvalue weighted by Crippen LogP contribution is 2.28. The zero-order valence-corrected chi connectivity index (χ0v) is 18.9. The van der Waals surface area contributed by atoms with Gasteiger partial charge in [0.2, 0.25) is 5.89 Å². The van der Waals surface area contributed by atoms with Gasteiger partial charge in [-0.15, -0.1) is 0 Å². The number of aromatic nitrogens is 3. The third-order valence-electron chi connectivity index (χ3n) is 5.62. The van der Waals surface area contributed by atoms with Gasteiger partial charge in [-0.25, -0.2) is 9.37 Å². The van der Waals surface area contributed by atoms with E-state index in [1.54, 1.807) is 6.07 Å². The fourth-order valence-electron chi connectivity index (χ4n) is 3.90. The molecule has 0 saturated heterocycles. The molecule has 0 aliphatic carbocycles. The number of nitrogens with zero attached hydrogens (tertiary/aromatic N) is 3. The van der Waals surface area contributed by atoms with Crippen molar-refractivity contribution in [1.29, 1.82) is 0 Å². The number of aryl methyl sites for hydroxylation is 2. The number of halogens is 1. The number of carbonyl (C=O) groups is 1. The van der Waals surface area contributed by atoms with Crippen LogP contribution in [-0.4, -0.2) is 46.5 Å². The van der Waals surface area contributed by atoms with Gasteiger partial charge >= 0.3 is 5.97 Å². The summed E-state index contributed by atoms with van der Waals surface area (Å²) in [6.45, 7) is 1.52. The van der Waals surface area contributed by atoms with Crippen LogP contribution in [0.3, 0.4) is 0 Å². The van der Waals surface area contributed by atoms with E-state index in [2.05, 4.69) is 20.4 Å². The maximum Gasteiger partial charge on any atom is 0.303 e. The number of anilines is 1. The van der Waals surface area contributed by atoms with E-state index in [9.17, 15) is 14.3 Å². The molecule has 180 valence electrons. The summed E-state index contributed by atoms with van der Waals surface area (Å²) in [6, 6.07) is 8.32. The number of rotatable bonds is 10. The first-order valence-corrected chi connectivity index (χ1v) is 11.2. The van der Waals surface area contributed by atoms with E-state index >= 15 is 0 Å². The van der Waals surface area contributed by atoms with Crippen molar-refractivity contribution < 1.29 is 28.3 Å². The number of nitrogens with one attached hydrogen (secondary N) is 1. The smallest absolute Gasteiger partial charge is 0.303 e. The molecule has 0 radical (unpaired) electrons. The van der Waals surface area contributed by atoms with Crippen molar-refractivity contribution in [2.24, 2.45) is 0 Å². The second kappa shape index (κ2) is 11.0. The van der Waals surface area contributed by atoms with Crippen LogP contribution in [0.4, 0.5) is 10.2 Å². The number of pyridine rings is 1. The Hall–Kier alpha value is -3.69. The largest absolute Gasteiger partial charge is 0.494 e. The molecule has 1 aromatic carbocycles. The molecule has 0 bridgehead atoms. The normalized spacial score (nSPS) is 13.8. The van der Waals surface area contributed by atoms with E-state index < -0.39 is 17.7 Å². The van der Waals surface area contributed by atoms with Crippen molar-refractivity contribution >= 4 is 11.8 Å². The standard InChI is InChI=1S/C24H27FN4O5/c1-32-19-8-6-15(12-18(19)25)16(14-23(30)31)13-22-28-21(29-34-22)5-2-4-17-7-9-20-24(27-17)26-10-3-11-33-20/h6-9,12,16H,2-5,10-11,13-14H2,1H3,(H,26,27)(H,30,31). The summed E-state index contributed by atoms with van der Waals surface area (Å²) in [6.07, 6.45) is 3.05. The molecule has 3 aromatic rings. The van der Waals surface area contributed by atoms with Crippen molar-refractivity contribution in [3.8, 4) is 11.5 Å². The van der Waals surface area contributed by atoms with Crippen LogP contribution < -0.4 is 14.8 Å². The highest BCUT2D eigenvalue weighted by molar-refractivity contribution is 5.68. The molecule has 10 heteroatoms. The van der Waals surface area contributed by atoms with Crippen LogP contribution in [0.2, 0.25) is 0 Å². The minimum absolute atomic E-state index is 0.102. The lowest BCUT2D eigenvalue weighted by Crippen LogP contribution is -2.10. The first-order valence-electron chi connectivity index (χ1n) is 11.2. The molecular weight excluding hydrogens is 443 g/mol. The predicted octanol–water partition coefficient (Wildman–Crippen LogP) is 3.78. The molecule has 2 N–H and O–H groups in total. The molecule has 9 nitrogen and oxygen atoms in total. The average Bonchev–Trinajstić information content (AvgIpc) is 3.12. The molecule has 1 aliphatic rings. The first-order chi connectivity index (χ1) is 16.5. The second-order valence-electron chi connectivity index (χ2n) is 8.13. The minimum Gasteiger partial charge on any atom is -0.494 e. The second-order valence-corrected chi connectivity index (χ2v) is 8.13. The van der Waals surface area contributed by atoms with Crippen LogP contribution in [0.1, 0.15) is 48.2 Å². The Morgan fingerprint density at radius 2 is 2.15 bits per heavy atom. The van der Waals surface area contributed by atoms with Crippen LogP contribution in [-0.2, 0) is 24.1 Å². The summed E-state index contributed by atoms with van der Waals surface area (Å²) in [7, 11) is 1.38. The molecule has 1 unspecified atom stereocenters. The third kappa shape index (κ3) is 6.00. The lowest BCUT2D eigenvalue weighted by molar-refractivity contribution is -0.137. The SMILES string of the molecule is COc1ccc(C(CC(=O)O)Cc2nc(CCCc3ccc4c(n3)NCCCO4)no2)cc1F. The Labute approximate surface area is 196 Å². The van der Waals surface area contributed by atoms with Gasteiger partial charge < -0.3 is 24.4 Å². The topological polar surface area (TPSA) is 120 Å². The summed E-state index contributed by atoms with van der Waals surface area (Å²) in [5, 5.41) is 16.6. The van der Waals surface area contributed by atoms with E-state index in [-0.39, 0.29) is 18.6 Å². The summed E-state index contributed by atoms with van der Waals surface area (Å²) in [4.78, 5) is 20.4. The Kier molecular flexibility index (Phi) is 7.56. The van der Waals surface area contributed by atoms with Gasteiger partial charge in [0.1, 0.15) is 0 Å². The zero-order valence-electron chi connectivity index (χ0n) is 18.9. The Bertz CT molecular complexity index is 1140. The van der Waals surface area contributed by atoms with Crippen LogP contribution in [0.15, 0.2) is 34.9 Å². The average molecular weight is 471 g/mol. The lowest BCUT2D eigenvalue weighted by Gasteiger charge is -2.14. The molecule has 0 saturated carbocycles. The molecule has 2 aromatic heterocycles. The summed E-state index contributed by atoms with van der Waals surface area (Å²) < 4.78 is 30.1. The number of ether oxygens (including phenoxy) is 2. The van der Waals surface area contributed by atoms with Crippen LogP contribution in [0, 0.1) is 5.82 Å². The molecule has 0 amide bonds. The molecule has 1 atom stereocenters. The van der Waals surface area contributed by atoms with Crippen molar-refractivity contribution in [2.45, 2.75) is 44.4 Å². The molecule has 3 heterocycles. The van der Waals surface area contributed by atoms with Crippen molar-refractivity contribution in [3.63, 3.8) is 0 Å². The number of hydrogen-bond donors (Lipinski definition) is 2. The molecule has 1 aliphatic heterocycles. The van der Waals surface area contributed by atoms with Gasteiger partial charge in [0.05, 0.1) is 20.1 Å².